The van der Waals surface area contributed by atoms with Gasteiger partial charge in [0.25, 0.3) is 0 Å². The fraction of sp³-hybridized carbons (Fsp3) is 0.667. The third-order valence-electron chi connectivity index (χ3n) is 5.05. The van der Waals surface area contributed by atoms with Gasteiger partial charge in [-0.15, -0.1) is 0 Å². The van der Waals surface area contributed by atoms with Gasteiger partial charge in [-0.3, -0.25) is 4.79 Å². The summed E-state index contributed by atoms with van der Waals surface area (Å²) >= 11 is 0. The Balaban J connectivity index is 0.00000288. The van der Waals surface area contributed by atoms with Gasteiger partial charge in [0, 0.05) is 24.4 Å². The molecule has 0 spiro atoms. The second kappa shape index (κ2) is 9.57. The minimum atomic E-state index is 0. The Bertz CT molecular complexity index is 528. The van der Waals surface area contributed by atoms with Crippen molar-refractivity contribution in [2.45, 2.75) is 90.6 Å². The molecule has 1 radical (unpaired) electrons. The molecule has 1 aliphatic rings. The van der Waals surface area contributed by atoms with E-state index in [-0.39, 0.29) is 18.9 Å². The molecule has 0 bridgehead atoms. The summed E-state index contributed by atoms with van der Waals surface area (Å²) in [6.07, 6.45) is 5.13. The van der Waals surface area contributed by atoms with Crippen LogP contribution in [-0.2, 0) is 0 Å². The molecule has 1 aromatic carbocycles. The Morgan fingerprint density at radius 1 is 0.917 bits per heavy atom. The molecule has 129 valence electrons. The first-order valence-electron chi connectivity index (χ1n) is 9.29. The normalized spacial score (nSPS) is 15.9. The van der Waals surface area contributed by atoms with Crippen LogP contribution in [0, 0.1) is 0 Å². The van der Waals surface area contributed by atoms with Gasteiger partial charge in [-0.25, -0.2) is 0 Å². The van der Waals surface area contributed by atoms with E-state index in [0.29, 0.717) is 37.5 Å². The Morgan fingerprint density at radius 2 is 1.38 bits per heavy atom. The number of rotatable bonds is 6. The molecule has 1 nitrogen and oxygen atoms in total. The molecule has 0 N–H and O–H groups in total. The molecule has 1 aliphatic carbocycles. The van der Waals surface area contributed by atoms with Crippen LogP contribution in [0.4, 0.5) is 0 Å². The van der Waals surface area contributed by atoms with Gasteiger partial charge in [0.1, 0.15) is 0 Å². The molecule has 2 rings (SSSR count). The van der Waals surface area contributed by atoms with Crippen molar-refractivity contribution in [2.24, 2.45) is 0 Å². The van der Waals surface area contributed by atoms with E-state index in [0.717, 1.165) is 5.56 Å². The zero-order valence-corrected chi connectivity index (χ0v) is 17.7. The molecule has 0 heterocycles. The van der Waals surface area contributed by atoms with E-state index in [1.165, 1.54) is 42.4 Å². The molecule has 0 aromatic heterocycles. The maximum Gasteiger partial charge on any atom is 0.181 e. The maximum absolute atomic E-state index is 13.1. The minimum Gasteiger partial charge on any atom is -0.289 e. The minimum absolute atomic E-state index is 0. The summed E-state index contributed by atoms with van der Waals surface area (Å²) in [6.45, 7) is 13.4. The van der Waals surface area contributed by atoms with Gasteiger partial charge < -0.3 is 0 Å². The van der Waals surface area contributed by atoms with Crippen LogP contribution in [0.15, 0.2) is 12.1 Å². The van der Waals surface area contributed by atoms with Crippen molar-refractivity contribution < 1.29 is 4.79 Å². The molecule has 1 saturated carbocycles. The Hall–Kier alpha value is -0.0826. The molecule has 1 fully saturated rings. The Kier molecular flexibility index (Phi) is 8.76. The number of hydrogen-bond acceptors (Lipinski definition) is 1. The molecule has 3 heteroatoms. The predicted octanol–water partition coefficient (Wildman–Crippen LogP) is 6.44. The van der Waals surface area contributed by atoms with Gasteiger partial charge in [-0.05, 0) is 61.5 Å². The molecule has 0 amide bonds. The zero-order chi connectivity index (χ0) is 17.1. The number of hydrogen-bond donors (Lipinski definition) is 0. The zero-order valence-electron chi connectivity index (χ0n) is 16.7. The summed E-state index contributed by atoms with van der Waals surface area (Å²) < 4.78 is 0. The topological polar surface area (TPSA) is 17.1 Å². The first-order valence-corrected chi connectivity index (χ1v) is 10.4. The van der Waals surface area contributed by atoms with Gasteiger partial charge >= 0.3 is 0 Å². The number of carbonyl (C=O) groups is 1. The van der Waals surface area contributed by atoms with Crippen molar-refractivity contribution in [2.75, 3.05) is 0 Å². The average molecular weight is 339 g/mol. The molecule has 1 atom stereocenters. The summed E-state index contributed by atoms with van der Waals surface area (Å²) in [5, 5.41) is 0. The van der Waals surface area contributed by atoms with Crippen LogP contribution in [-0.4, -0.2) is 30.0 Å². The summed E-state index contributed by atoms with van der Waals surface area (Å²) in [7, 11) is 0.468. The Labute approximate surface area is 162 Å². The summed E-state index contributed by atoms with van der Waals surface area (Å²) in [5.41, 5.74) is 6.04. The fourth-order valence-corrected chi connectivity index (χ4v) is 5.05. The quantitative estimate of drug-likeness (QED) is 0.431. The van der Waals surface area contributed by atoms with Crippen LogP contribution in [0.3, 0.4) is 0 Å². The molecule has 24 heavy (non-hydrogen) atoms. The van der Waals surface area contributed by atoms with Gasteiger partial charge in [0.05, 0.1) is 0 Å². The summed E-state index contributed by atoms with van der Waals surface area (Å²) in [5.74, 6) is 1.31. The van der Waals surface area contributed by atoms with Crippen molar-refractivity contribution in [3.8, 4) is 0 Å². The van der Waals surface area contributed by atoms with Crippen LogP contribution in [0.5, 0.6) is 0 Å². The molecule has 0 saturated heterocycles. The molecular weight excluding hydrogens is 306 g/mol. The third-order valence-corrected chi connectivity index (χ3v) is 6.55. The second-order valence-electron chi connectivity index (χ2n) is 7.99. The number of benzene rings is 1. The first kappa shape index (κ1) is 22.0. The van der Waals surface area contributed by atoms with Crippen LogP contribution in [0.25, 0.3) is 0 Å². The van der Waals surface area contributed by atoms with Crippen LogP contribution in [0.1, 0.15) is 112 Å². The first-order chi connectivity index (χ1) is 10.8. The van der Waals surface area contributed by atoms with Gasteiger partial charge in [0.2, 0.25) is 0 Å². The van der Waals surface area contributed by atoms with Crippen molar-refractivity contribution >= 4 is 33.0 Å². The summed E-state index contributed by atoms with van der Waals surface area (Å²) in [4.78, 5) is 13.1. The summed E-state index contributed by atoms with van der Waals surface area (Å²) in [6, 6.07) is 4.60. The van der Waals surface area contributed by atoms with Crippen molar-refractivity contribution in [1.29, 1.82) is 0 Å². The molecule has 1 unspecified atom stereocenters. The van der Waals surface area contributed by atoms with E-state index in [1.807, 2.05) is 0 Å². The number of carbonyl (C=O) groups excluding carboxylic acids is 1. The molecule has 1 aromatic rings. The van der Waals surface area contributed by atoms with Crippen LogP contribution in [0.2, 0.25) is 0 Å². The van der Waals surface area contributed by atoms with E-state index in [1.54, 1.807) is 0 Å². The molecule has 0 aliphatic heterocycles. The van der Waals surface area contributed by atoms with Gasteiger partial charge in [-0.2, -0.15) is 0 Å². The van der Waals surface area contributed by atoms with E-state index in [9.17, 15) is 4.79 Å². The van der Waals surface area contributed by atoms with Gasteiger partial charge in [0.15, 0.2) is 5.52 Å². The predicted molar refractivity (Wildman–Crippen MR) is 109 cm³/mol. The fourth-order valence-electron chi connectivity index (χ4n) is 3.55. The molecular formula is C21H33LiOP. The second-order valence-corrected chi connectivity index (χ2v) is 9.55. The largest absolute Gasteiger partial charge is 0.289 e. The third kappa shape index (κ3) is 5.21. The van der Waals surface area contributed by atoms with Crippen LogP contribution >= 0.6 is 8.58 Å². The van der Waals surface area contributed by atoms with E-state index < -0.39 is 0 Å². The van der Waals surface area contributed by atoms with Crippen molar-refractivity contribution in [3.05, 3.63) is 34.4 Å². The standard InChI is InChI=1S/C21H33OP.Li/c1-13(2)16-11-18(14(3)4)20(19(12-16)15(5)6)21(22)23-17-9-7-8-10-17;/h11-15,17,23H,7-10H2,1-6H3;. The smallest absolute Gasteiger partial charge is 0.181 e. The van der Waals surface area contributed by atoms with Crippen molar-refractivity contribution in [1.82, 2.24) is 0 Å². The van der Waals surface area contributed by atoms with Crippen LogP contribution < -0.4 is 0 Å². The maximum atomic E-state index is 13.1. The van der Waals surface area contributed by atoms with E-state index in [2.05, 4.69) is 53.7 Å². The van der Waals surface area contributed by atoms with E-state index in [4.69, 9.17) is 0 Å². The SMILES string of the molecule is CC(C)c1cc(C(C)C)c(C(=O)PC2CCCC2)c(C(C)C)c1.[Li]. The average Bonchev–Trinajstić information content (AvgIpc) is 2.98. The van der Waals surface area contributed by atoms with Crippen molar-refractivity contribution in [3.63, 3.8) is 0 Å². The monoisotopic (exact) mass is 339 g/mol. The van der Waals surface area contributed by atoms with E-state index >= 15 is 0 Å². The Morgan fingerprint density at radius 3 is 1.75 bits per heavy atom. The van der Waals surface area contributed by atoms with Gasteiger partial charge in [-0.1, -0.05) is 66.5 Å².